The van der Waals surface area contributed by atoms with Gasteiger partial charge in [-0.15, -0.1) is 0 Å². The summed E-state index contributed by atoms with van der Waals surface area (Å²) in [5.74, 6) is 0.405. The van der Waals surface area contributed by atoms with Gasteiger partial charge in [-0.3, -0.25) is 14.2 Å². The Morgan fingerprint density at radius 1 is 1.33 bits per heavy atom. The summed E-state index contributed by atoms with van der Waals surface area (Å²) in [5, 5.41) is 3.08. The van der Waals surface area contributed by atoms with E-state index in [-0.39, 0.29) is 12.5 Å². The zero-order chi connectivity index (χ0) is 14.7. The van der Waals surface area contributed by atoms with E-state index in [1.807, 2.05) is 34.7 Å². The number of methoxy groups -OCH3 is 1. The van der Waals surface area contributed by atoms with Crippen LogP contribution in [0.3, 0.4) is 0 Å². The fourth-order valence-corrected chi connectivity index (χ4v) is 2.10. The highest BCUT2D eigenvalue weighted by molar-refractivity contribution is 5.80. The summed E-state index contributed by atoms with van der Waals surface area (Å²) in [6.45, 7) is 0.0758. The summed E-state index contributed by atoms with van der Waals surface area (Å²) >= 11 is 0. The van der Waals surface area contributed by atoms with E-state index in [1.165, 1.54) is 7.11 Å². The first-order valence-corrected chi connectivity index (χ1v) is 6.48. The summed E-state index contributed by atoms with van der Waals surface area (Å²) in [6, 6.07) is 9.78. The molecule has 0 saturated heterocycles. The average Bonchev–Trinajstić information content (AvgIpc) is 2.92. The Kier molecular flexibility index (Phi) is 3.51. The van der Waals surface area contributed by atoms with Crippen LogP contribution in [0, 0.1) is 0 Å². The first-order chi connectivity index (χ1) is 10.3. The Labute approximate surface area is 121 Å². The van der Waals surface area contributed by atoms with Crippen LogP contribution in [0.25, 0.3) is 16.9 Å². The quantitative estimate of drug-likeness (QED) is 0.741. The molecular weight excluding hydrogens is 268 g/mol. The lowest BCUT2D eigenvalue weighted by Gasteiger charge is -2.07. The Bertz CT molecular complexity index is 768. The predicted octanol–water partition coefficient (Wildman–Crippen LogP) is 1.98. The lowest BCUT2D eigenvalue weighted by atomic mass is 10.1. The average molecular weight is 282 g/mol. The molecular formula is C15H14N4O2. The number of esters is 1. The zero-order valence-electron chi connectivity index (χ0n) is 11.5. The molecule has 0 atom stereocenters. The molecule has 0 fully saturated rings. The SMILES string of the molecule is COC(=O)CNc1c(-c2ccccc2)nc2cnccn12. The van der Waals surface area contributed by atoms with E-state index in [0.717, 1.165) is 17.1 Å². The summed E-state index contributed by atoms with van der Waals surface area (Å²) < 4.78 is 6.52. The second-order valence-corrected chi connectivity index (χ2v) is 4.41. The van der Waals surface area contributed by atoms with Gasteiger partial charge in [0, 0.05) is 18.0 Å². The molecule has 1 N–H and O–H groups in total. The van der Waals surface area contributed by atoms with Crippen LogP contribution in [-0.2, 0) is 9.53 Å². The van der Waals surface area contributed by atoms with Crippen LogP contribution in [0.5, 0.6) is 0 Å². The molecule has 106 valence electrons. The molecule has 2 aromatic heterocycles. The van der Waals surface area contributed by atoms with E-state index >= 15 is 0 Å². The number of imidazole rings is 1. The largest absolute Gasteiger partial charge is 0.468 e. The number of hydrogen-bond acceptors (Lipinski definition) is 5. The maximum Gasteiger partial charge on any atom is 0.325 e. The molecule has 1 aromatic carbocycles. The van der Waals surface area contributed by atoms with Crippen LogP contribution >= 0.6 is 0 Å². The van der Waals surface area contributed by atoms with Gasteiger partial charge >= 0.3 is 5.97 Å². The molecule has 0 spiro atoms. The van der Waals surface area contributed by atoms with Crippen molar-refractivity contribution in [1.82, 2.24) is 14.4 Å². The topological polar surface area (TPSA) is 68.5 Å². The van der Waals surface area contributed by atoms with Crippen molar-refractivity contribution < 1.29 is 9.53 Å². The molecule has 0 saturated carbocycles. The van der Waals surface area contributed by atoms with Crippen molar-refractivity contribution in [2.24, 2.45) is 0 Å². The molecule has 0 amide bonds. The number of carbonyl (C=O) groups is 1. The van der Waals surface area contributed by atoms with E-state index in [1.54, 1.807) is 18.6 Å². The van der Waals surface area contributed by atoms with Crippen LogP contribution < -0.4 is 5.32 Å². The third-order valence-electron chi connectivity index (χ3n) is 3.11. The third kappa shape index (κ3) is 2.55. The van der Waals surface area contributed by atoms with Crippen molar-refractivity contribution in [3.63, 3.8) is 0 Å². The smallest absolute Gasteiger partial charge is 0.325 e. The molecule has 0 aliphatic heterocycles. The molecule has 2 heterocycles. The van der Waals surface area contributed by atoms with Gasteiger partial charge in [-0.1, -0.05) is 30.3 Å². The van der Waals surface area contributed by atoms with Crippen molar-refractivity contribution in [3.05, 3.63) is 48.9 Å². The Morgan fingerprint density at radius 3 is 2.90 bits per heavy atom. The van der Waals surface area contributed by atoms with Crippen molar-refractivity contribution in [2.75, 3.05) is 19.0 Å². The minimum Gasteiger partial charge on any atom is -0.468 e. The first kappa shape index (κ1) is 13.1. The molecule has 0 radical (unpaired) electrons. The molecule has 3 rings (SSSR count). The van der Waals surface area contributed by atoms with Gasteiger partial charge in [-0.05, 0) is 0 Å². The lowest BCUT2D eigenvalue weighted by Crippen LogP contribution is -2.16. The van der Waals surface area contributed by atoms with Gasteiger partial charge in [0.25, 0.3) is 0 Å². The number of rotatable bonds is 4. The minimum atomic E-state index is -0.335. The van der Waals surface area contributed by atoms with E-state index < -0.39 is 0 Å². The van der Waals surface area contributed by atoms with Crippen LogP contribution in [-0.4, -0.2) is 34.0 Å². The van der Waals surface area contributed by atoms with Crippen LogP contribution in [0.2, 0.25) is 0 Å². The first-order valence-electron chi connectivity index (χ1n) is 6.48. The van der Waals surface area contributed by atoms with Crippen molar-refractivity contribution in [2.45, 2.75) is 0 Å². The maximum absolute atomic E-state index is 11.4. The standard InChI is InChI=1S/C15H14N4O2/c1-21-13(20)10-17-15-14(11-5-3-2-4-6-11)18-12-9-16-7-8-19(12)15/h2-9,17H,10H2,1H3. The van der Waals surface area contributed by atoms with Crippen LogP contribution in [0.1, 0.15) is 0 Å². The van der Waals surface area contributed by atoms with Gasteiger partial charge in [0.05, 0.1) is 13.3 Å². The number of anilines is 1. The number of fused-ring (bicyclic) bond motifs is 1. The van der Waals surface area contributed by atoms with Gasteiger partial charge in [0.1, 0.15) is 18.1 Å². The molecule has 21 heavy (non-hydrogen) atoms. The van der Waals surface area contributed by atoms with Crippen molar-refractivity contribution in [3.8, 4) is 11.3 Å². The minimum absolute atomic E-state index is 0.0758. The van der Waals surface area contributed by atoms with E-state index in [4.69, 9.17) is 0 Å². The third-order valence-corrected chi connectivity index (χ3v) is 3.11. The normalized spacial score (nSPS) is 10.5. The zero-order valence-corrected chi connectivity index (χ0v) is 11.5. The molecule has 0 aliphatic carbocycles. The van der Waals surface area contributed by atoms with Gasteiger partial charge < -0.3 is 10.1 Å². The summed E-state index contributed by atoms with van der Waals surface area (Å²) in [5.41, 5.74) is 2.45. The maximum atomic E-state index is 11.4. The van der Waals surface area contributed by atoms with E-state index in [9.17, 15) is 4.79 Å². The summed E-state index contributed by atoms with van der Waals surface area (Å²) in [6.07, 6.45) is 5.15. The lowest BCUT2D eigenvalue weighted by molar-refractivity contribution is -0.138. The Balaban J connectivity index is 2.08. The fourth-order valence-electron chi connectivity index (χ4n) is 2.10. The van der Waals surface area contributed by atoms with Gasteiger partial charge in [-0.2, -0.15) is 0 Å². The highest BCUT2D eigenvalue weighted by atomic mass is 16.5. The second-order valence-electron chi connectivity index (χ2n) is 4.41. The van der Waals surface area contributed by atoms with E-state index in [2.05, 4.69) is 20.0 Å². The van der Waals surface area contributed by atoms with Gasteiger partial charge in [0.2, 0.25) is 0 Å². The molecule has 6 heteroatoms. The predicted molar refractivity (Wildman–Crippen MR) is 78.9 cm³/mol. The number of ether oxygens (including phenoxy) is 1. The number of nitrogens with zero attached hydrogens (tertiary/aromatic N) is 3. The molecule has 0 aliphatic rings. The van der Waals surface area contributed by atoms with Gasteiger partial charge in [-0.25, -0.2) is 4.98 Å². The molecule has 6 nitrogen and oxygen atoms in total. The summed E-state index contributed by atoms with van der Waals surface area (Å²) in [7, 11) is 1.36. The van der Waals surface area contributed by atoms with Crippen LogP contribution in [0.4, 0.5) is 5.82 Å². The monoisotopic (exact) mass is 282 g/mol. The number of benzene rings is 1. The van der Waals surface area contributed by atoms with E-state index in [0.29, 0.717) is 5.65 Å². The molecule has 0 bridgehead atoms. The number of nitrogens with one attached hydrogen (secondary N) is 1. The number of hydrogen-bond donors (Lipinski definition) is 1. The summed E-state index contributed by atoms with van der Waals surface area (Å²) in [4.78, 5) is 20.0. The number of carbonyl (C=O) groups excluding carboxylic acids is 1. The Hall–Kier alpha value is -2.89. The second kappa shape index (κ2) is 5.62. The fraction of sp³-hybridized carbons (Fsp3) is 0.133. The molecule has 0 unspecified atom stereocenters. The highest BCUT2D eigenvalue weighted by Crippen LogP contribution is 2.28. The Morgan fingerprint density at radius 2 is 2.14 bits per heavy atom. The van der Waals surface area contributed by atoms with Crippen molar-refractivity contribution >= 4 is 17.4 Å². The highest BCUT2D eigenvalue weighted by Gasteiger charge is 2.14. The van der Waals surface area contributed by atoms with Gasteiger partial charge in [0.15, 0.2) is 5.65 Å². The number of aromatic nitrogens is 3. The van der Waals surface area contributed by atoms with Crippen molar-refractivity contribution in [1.29, 1.82) is 0 Å². The molecule has 3 aromatic rings. The van der Waals surface area contributed by atoms with Crippen LogP contribution in [0.15, 0.2) is 48.9 Å².